The van der Waals surface area contributed by atoms with E-state index in [0.717, 1.165) is 47.6 Å². The highest BCUT2D eigenvalue weighted by atomic mass is 35.5. The molecule has 0 amide bonds. The molecular formula is C22H21ClN2O2. The maximum Gasteiger partial charge on any atom is 0.338 e. The molecule has 2 heterocycles. The fourth-order valence-corrected chi connectivity index (χ4v) is 3.64. The SMILES string of the molecule is O=c1cc(NC2CCN(/C=C/c3cccc(Cl)c3)CC2)c2ccccc2o1. The maximum atomic E-state index is 11.8. The molecule has 0 unspecified atom stereocenters. The first kappa shape index (κ1) is 17.7. The molecule has 1 saturated heterocycles. The van der Waals surface area contributed by atoms with Crippen molar-refractivity contribution in [3.05, 3.63) is 81.8 Å². The van der Waals surface area contributed by atoms with Gasteiger partial charge in [0.15, 0.2) is 0 Å². The number of halogens is 1. The smallest absolute Gasteiger partial charge is 0.338 e. The predicted octanol–water partition coefficient (Wildman–Crippen LogP) is 4.99. The Labute approximate surface area is 163 Å². The van der Waals surface area contributed by atoms with Crippen molar-refractivity contribution in [2.45, 2.75) is 18.9 Å². The molecule has 1 aromatic heterocycles. The molecule has 2 aromatic carbocycles. The van der Waals surface area contributed by atoms with Gasteiger partial charge in [0.2, 0.25) is 0 Å². The molecular weight excluding hydrogens is 360 g/mol. The monoisotopic (exact) mass is 380 g/mol. The maximum absolute atomic E-state index is 11.8. The number of nitrogens with zero attached hydrogens (tertiary/aromatic N) is 1. The number of anilines is 1. The summed E-state index contributed by atoms with van der Waals surface area (Å²) in [6.45, 7) is 1.93. The summed E-state index contributed by atoms with van der Waals surface area (Å²) in [6, 6.07) is 17.4. The van der Waals surface area contributed by atoms with Crippen molar-refractivity contribution in [2.24, 2.45) is 0 Å². The molecule has 1 aliphatic rings. The lowest BCUT2D eigenvalue weighted by Crippen LogP contribution is -2.36. The van der Waals surface area contributed by atoms with Crippen LogP contribution in [0, 0.1) is 0 Å². The quantitative estimate of drug-likeness (QED) is 0.647. The van der Waals surface area contributed by atoms with Gasteiger partial charge in [-0.25, -0.2) is 4.79 Å². The van der Waals surface area contributed by atoms with E-state index in [-0.39, 0.29) is 5.63 Å². The van der Waals surface area contributed by atoms with Crippen molar-refractivity contribution in [1.82, 2.24) is 4.90 Å². The van der Waals surface area contributed by atoms with Crippen LogP contribution < -0.4 is 10.9 Å². The number of likely N-dealkylation sites (tertiary alicyclic amines) is 1. The number of benzene rings is 2. The lowest BCUT2D eigenvalue weighted by Gasteiger charge is -2.32. The Morgan fingerprint density at radius 1 is 1.07 bits per heavy atom. The molecule has 138 valence electrons. The average molecular weight is 381 g/mol. The Morgan fingerprint density at radius 3 is 2.70 bits per heavy atom. The lowest BCUT2D eigenvalue weighted by atomic mass is 10.0. The topological polar surface area (TPSA) is 45.5 Å². The number of piperidine rings is 1. The second-order valence-corrected chi connectivity index (χ2v) is 7.24. The van der Waals surface area contributed by atoms with Crippen LogP contribution in [0.1, 0.15) is 18.4 Å². The fourth-order valence-electron chi connectivity index (χ4n) is 3.45. The van der Waals surface area contributed by atoms with Crippen molar-refractivity contribution < 1.29 is 4.42 Å². The van der Waals surface area contributed by atoms with Crippen molar-refractivity contribution >= 4 is 34.3 Å². The molecule has 5 heteroatoms. The standard InChI is InChI=1S/C22H21ClN2O2/c23-17-5-3-4-16(14-17)8-11-25-12-9-18(10-13-25)24-20-15-22(26)27-21-7-2-1-6-19(20)21/h1-8,11,14-15,18,24H,9-10,12-13H2/b11-8+. The van der Waals surface area contributed by atoms with Crippen LogP contribution >= 0.6 is 11.6 Å². The zero-order valence-electron chi connectivity index (χ0n) is 14.9. The van der Waals surface area contributed by atoms with Crippen molar-refractivity contribution in [3.63, 3.8) is 0 Å². The summed E-state index contributed by atoms with van der Waals surface area (Å²) in [5.74, 6) is 0. The van der Waals surface area contributed by atoms with E-state index in [2.05, 4.69) is 22.5 Å². The molecule has 0 aliphatic carbocycles. The third-order valence-corrected chi connectivity index (χ3v) is 5.10. The van der Waals surface area contributed by atoms with Crippen molar-refractivity contribution in [3.8, 4) is 0 Å². The van der Waals surface area contributed by atoms with Crippen molar-refractivity contribution in [2.75, 3.05) is 18.4 Å². The Bertz CT molecular complexity index is 1020. The summed E-state index contributed by atoms with van der Waals surface area (Å²) in [7, 11) is 0. The molecule has 0 spiro atoms. The zero-order chi connectivity index (χ0) is 18.6. The Balaban J connectivity index is 1.39. The van der Waals surface area contributed by atoms with E-state index in [9.17, 15) is 4.79 Å². The predicted molar refractivity (Wildman–Crippen MR) is 111 cm³/mol. The normalized spacial score (nSPS) is 15.5. The average Bonchev–Trinajstić information content (AvgIpc) is 2.67. The Hall–Kier alpha value is -2.72. The zero-order valence-corrected chi connectivity index (χ0v) is 15.7. The molecule has 27 heavy (non-hydrogen) atoms. The molecule has 3 aromatic rings. The minimum atomic E-state index is -0.321. The summed E-state index contributed by atoms with van der Waals surface area (Å²) < 4.78 is 5.27. The van der Waals surface area contributed by atoms with Crippen LogP contribution in [-0.4, -0.2) is 24.0 Å². The summed E-state index contributed by atoms with van der Waals surface area (Å²) >= 11 is 6.03. The van der Waals surface area contributed by atoms with Gasteiger partial charge < -0.3 is 14.6 Å². The van der Waals surface area contributed by atoms with Crippen molar-refractivity contribution in [1.29, 1.82) is 0 Å². The van der Waals surface area contributed by atoms with E-state index in [1.54, 1.807) is 6.07 Å². The molecule has 4 nitrogen and oxygen atoms in total. The molecule has 0 atom stereocenters. The molecule has 4 rings (SSSR count). The van der Waals surface area contributed by atoms with Gasteiger partial charge in [0, 0.05) is 35.6 Å². The van der Waals surface area contributed by atoms with Crippen LogP contribution in [0.5, 0.6) is 0 Å². The number of para-hydroxylation sites is 1. The first-order valence-corrected chi connectivity index (χ1v) is 9.52. The van der Waals surface area contributed by atoms with E-state index in [1.807, 2.05) is 48.5 Å². The molecule has 1 aliphatic heterocycles. The summed E-state index contributed by atoms with van der Waals surface area (Å²) in [5, 5.41) is 5.23. The highest BCUT2D eigenvalue weighted by molar-refractivity contribution is 6.30. The van der Waals surface area contributed by atoms with Crippen LogP contribution in [-0.2, 0) is 0 Å². The third-order valence-electron chi connectivity index (χ3n) is 4.87. The second kappa shape index (κ2) is 7.89. The first-order chi connectivity index (χ1) is 13.2. The summed E-state index contributed by atoms with van der Waals surface area (Å²) in [4.78, 5) is 14.1. The number of fused-ring (bicyclic) bond motifs is 1. The van der Waals surface area contributed by atoms with E-state index in [4.69, 9.17) is 16.0 Å². The van der Waals surface area contributed by atoms with Crippen LogP contribution in [0.15, 0.2) is 70.0 Å². The van der Waals surface area contributed by atoms with Gasteiger partial charge in [-0.2, -0.15) is 0 Å². The highest BCUT2D eigenvalue weighted by Crippen LogP contribution is 2.24. The summed E-state index contributed by atoms with van der Waals surface area (Å²) in [6.07, 6.45) is 6.24. The van der Waals surface area contributed by atoms with Gasteiger partial charge in [-0.05, 0) is 54.9 Å². The van der Waals surface area contributed by atoms with E-state index in [1.165, 1.54) is 0 Å². The Morgan fingerprint density at radius 2 is 1.89 bits per heavy atom. The van der Waals surface area contributed by atoms with Gasteiger partial charge in [-0.3, -0.25) is 0 Å². The number of rotatable bonds is 4. The van der Waals surface area contributed by atoms with Gasteiger partial charge in [0.25, 0.3) is 0 Å². The third kappa shape index (κ3) is 4.34. The van der Waals surface area contributed by atoms with Crippen LogP contribution in [0.25, 0.3) is 17.0 Å². The Kier molecular flexibility index (Phi) is 5.16. The van der Waals surface area contributed by atoms with Gasteiger partial charge in [-0.1, -0.05) is 35.9 Å². The molecule has 0 saturated carbocycles. The number of nitrogens with one attached hydrogen (secondary N) is 1. The minimum Gasteiger partial charge on any atom is -0.423 e. The van der Waals surface area contributed by atoms with E-state index < -0.39 is 0 Å². The first-order valence-electron chi connectivity index (χ1n) is 9.15. The van der Waals surface area contributed by atoms with Crippen LogP contribution in [0.2, 0.25) is 5.02 Å². The number of hydrogen-bond acceptors (Lipinski definition) is 4. The largest absolute Gasteiger partial charge is 0.423 e. The fraction of sp³-hybridized carbons (Fsp3) is 0.227. The van der Waals surface area contributed by atoms with E-state index >= 15 is 0 Å². The van der Waals surface area contributed by atoms with Crippen LogP contribution in [0.3, 0.4) is 0 Å². The lowest BCUT2D eigenvalue weighted by molar-refractivity contribution is 0.295. The van der Waals surface area contributed by atoms with Gasteiger partial charge in [0.05, 0.1) is 5.69 Å². The second-order valence-electron chi connectivity index (χ2n) is 6.80. The van der Waals surface area contributed by atoms with Gasteiger partial charge in [0.1, 0.15) is 5.58 Å². The molecule has 1 N–H and O–H groups in total. The summed E-state index contributed by atoms with van der Waals surface area (Å²) in [5.41, 5.74) is 2.26. The highest BCUT2D eigenvalue weighted by Gasteiger charge is 2.18. The number of hydrogen-bond donors (Lipinski definition) is 1. The molecule has 1 fully saturated rings. The minimum absolute atomic E-state index is 0.321. The van der Waals surface area contributed by atoms with Crippen LogP contribution in [0.4, 0.5) is 5.69 Å². The van der Waals surface area contributed by atoms with E-state index in [0.29, 0.717) is 11.6 Å². The van der Waals surface area contributed by atoms with Gasteiger partial charge >= 0.3 is 5.63 Å². The molecule has 0 radical (unpaired) electrons. The van der Waals surface area contributed by atoms with Gasteiger partial charge in [-0.15, -0.1) is 0 Å². The molecule has 0 bridgehead atoms.